The van der Waals surface area contributed by atoms with Crippen molar-refractivity contribution in [3.05, 3.63) is 47.4 Å². The minimum atomic E-state index is 0.750. The lowest BCUT2D eigenvalue weighted by Crippen LogP contribution is -1.96. The standard InChI is InChI=1S/C14H16N2S/c1-4-7-15-14-16-13(9-17-14)12-6-5-10(2)11(3)8-12/h4-6,8-9H,1,7H2,2-3H3,(H,15,16). The van der Waals surface area contributed by atoms with Gasteiger partial charge in [0.05, 0.1) is 5.69 Å². The Morgan fingerprint density at radius 3 is 2.88 bits per heavy atom. The molecule has 17 heavy (non-hydrogen) atoms. The second-order valence-electron chi connectivity index (χ2n) is 4.01. The summed E-state index contributed by atoms with van der Waals surface area (Å²) in [7, 11) is 0. The van der Waals surface area contributed by atoms with Crippen molar-refractivity contribution in [1.29, 1.82) is 0 Å². The Labute approximate surface area is 106 Å². The molecule has 88 valence electrons. The first-order valence-electron chi connectivity index (χ1n) is 5.58. The molecule has 0 bridgehead atoms. The van der Waals surface area contributed by atoms with Gasteiger partial charge in [0, 0.05) is 17.5 Å². The van der Waals surface area contributed by atoms with Gasteiger partial charge >= 0.3 is 0 Å². The lowest BCUT2D eigenvalue weighted by Gasteiger charge is -2.02. The molecule has 0 fully saturated rings. The molecule has 1 N–H and O–H groups in total. The molecule has 2 rings (SSSR count). The van der Waals surface area contributed by atoms with Gasteiger partial charge in [0.25, 0.3) is 0 Å². The number of anilines is 1. The molecule has 1 heterocycles. The Bertz CT molecular complexity index is 529. The highest BCUT2D eigenvalue weighted by atomic mass is 32.1. The van der Waals surface area contributed by atoms with Crippen molar-refractivity contribution in [3.63, 3.8) is 0 Å². The maximum Gasteiger partial charge on any atom is 0.183 e. The van der Waals surface area contributed by atoms with Crippen LogP contribution in [-0.4, -0.2) is 11.5 Å². The summed E-state index contributed by atoms with van der Waals surface area (Å²) in [5, 5.41) is 6.22. The number of rotatable bonds is 4. The lowest BCUT2D eigenvalue weighted by atomic mass is 10.1. The van der Waals surface area contributed by atoms with Crippen molar-refractivity contribution in [3.8, 4) is 11.3 Å². The van der Waals surface area contributed by atoms with Crippen LogP contribution in [0.25, 0.3) is 11.3 Å². The molecule has 0 aliphatic rings. The molecule has 3 heteroatoms. The van der Waals surface area contributed by atoms with E-state index in [1.54, 1.807) is 11.3 Å². The molecule has 1 aromatic carbocycles. The number of hydrogen-bond acceptors (Lipinski definition) is 3. The summed E-state index contributed by atoms with van der Waals surface area (Å²) < 4.78 is 0. The van der Waals surface area contributed by atoms with E-state index in [0.717, 1.165) is 17.4 Å². The Kier molecular flexibility index (Phi) is 3.59. The first-order chi connectivity index (χ1) is 8.20. The van der Waals surface area contributed by atoms with Crippen LogP contribution in [0.4, 0.5) is 5.13 Å². The van der Waals surface area contributed by atoms with Crippen molar-refractivity contribution < 1.29 is 0 Å². The Morgan fingerprint density at radius 2 is 2.18 bits per heavy atom. The van der Waals surface area contributed by atoms with Crippen LogP contribution in [0.5, 0.6) is 0 Å². The zero-order chi connectivity index (χ0) is 12.3. The van der Waals surface area contributed by atoms with Gasteiger partial charge < -0.3 is 5.32 Å². The molecular formula is C14H16N2S. The van der Waals surface area contributed by atoms with Gasteiger partial charge in [0.2, 0.25) is 0 Å². The third-order valence-corrected chi connectivity index (χ3v) is 3.50. The summed E-state index contributed by atoms with van der Waals surface area (Å²) >= 11 is 1.62. The molecule has 0 spiro atoms. The Hall–Kier alpha value is -1.61. The summed E-state index contributed by atoms with van der Waals surface area (Å²) in [6.45, 7) is 8.68. The maximum absolute atomic E-state index is 4.55. The van der Waals surface area contributed by atoms with Crippen LogP contribution in [-0.2, 0) is 0 Å². The summed E-state index contributed by atoms with van der Waals surface area (Å²) in [5.41, 5.74) is 4.82. The van der Waals surface area contributed by atoms with Gasteiger partial charge in [0.1, 0.15) is 0 Å². The SMILES string of the molecule is C=CCNc1nc(-c2ccc(C)c(C)c2)cs1. The molecule has 2 aromatic rings. The lowest BCUT2D eigenvalue weighted by molar-refractivity contribution is 1.28. The van der Waals surface area contributed by atoms with Crippen LogP contribution >= 0.6 is 11.3 Å². The predicted molar refractivity (Wildman–Crippen MR) is 75.7 cm³/mol. The monoisotopic (exact) mass is 244 g/mol. The minimum absolute atomic E-state index is 0.750. The number of benzene rings is 1. The Morgan fingerprint density at radius 1 is 1.35 bits per heavy atom. The summed E-state index contributed by atoms with van der Waals surface area (Å²) in [6.07, 6.45) is 1.83. The van der Waals surface area contributed by atoms with E-state index in [1.165, 1.54) is 16.7 Å². The van der Waals surface area contributed by atoms with Gasteiger partial charge in [0.15, 0.2) is 5.13 Å². The van der Waals surface area contributed by atoms with E-state index in [2.05, 4.69) is 54.3 Å². The van der Waals surface area contributed by atoms with Crippen LogP contribution < -0.4 is 5.32 Å². The van der Waals surface area contributed by atoms with Crippen molar-refractivity contribution in [2.24, 2.45) is 0 Å². The van der Waals surface area contributed by atoms with Crippen LogP contribution in [0.1, 0.15) is 11.1 Å². The first-order valence-corrected chi connectivity index (χ1v) is 6.46. The Balaban J connectivity index is 2.24. The van der Waals surface area contributed by atoms with E-state index in [-0.39, 0.29) is 0 Å². The van der Waals surface area contributed by atoms with Gasteiger partial charge in [-0.15, -0.1) is 17.9 Å². The number of nitrogens with zero attached hydrogens (tertiary/aromatic N) is 1. The molecule has 0 radical (unpaired) electrons. The van der Waals surface area contributed by atoms with E-state index in [9.17, 15) is 0 Å². The molecule has 0 unspecified atom stereocenters. The zero-order valence-electron chi connectivity index (χ0n) is 10.2. The van der Waals surface area contributed by atoms with Crippen LogP contribution in [0.3, 0.4) is 0 Å². The third kappa shape index (κ3) is 2.74. The van der Waals surface area contributed by atoms with Crippen LogP contribution in [0.2, 0.25) is 0 Å². The molecule has 0 amide bonds. The van der Waals surface area contributed by atoms with E-state index < -0.39 is 0 Å². The highest BCUT2D eigenvalue weighted by Gasteiger charge is 2.04. The number of hydrogen-bond donors (Lipinski definition) is 1. The predicted octanol–water partition coefficient (Wildman–Crippen LogP) is 4.02. The normalized spacial score (nSPS) is 10.2. The quantitative estimate of drug-likeness (QED) is 0.821. The summed E-state index contributed by atoms with van der Waals surface area (Å²) in [4.78, 5) is 4.55. The van der Waals surface area contributed by atoms with E-state index in [0.29, 0.717) is 0 Å². The molecule has 0 saturated heterocycles. The molecule has 2 nitrogen and oxygen atoms in total. The van der Waals surface area contributed by atoms with Gasteiger partial charge in [-0.1, -0.05) is 18.2 Å². The highest BCUT2D eigenvalue weighted by Crippen LogP contribution is 2.26. The molecule has 0 aliphatic heterocycles. The van der Waals surface area contributed by atoms with Crippen molar-refractivity contribution in [2.75, 3.05) is 11.9 Å². The van der Waals surface area contributed by atoms with E-state index in [1.807, 2.05) is 6.08 Å². The zero-order valence-corrected chi connectivity index (χ0v) is 11.0. The molecule has 0 saturated carbocycles. The largest absolute Gasteiger partial charge is 0.358 e. The van der Waals surface area contributed by atoms with Crippen molar-refractivity contribution >= 4 is 16.5 Å². The molecule has 1 aromatic heterocycles. The highest BCUT2D eigenvalue weighted by molar-refractivity contribution is 7.14. The van der Waals surface area contributed by atoms with Gasteiger partial charge in [-0.05, 0) is 31.0 Å². The van der Waals surface area contributed by atoms with Gasteiger partial charge in [-0.2, -0.15) is 0 Å². The van der Waals surface area contributed by atoms with Crippen LogP contribution in [0.15, 0.2) is 36.2 Å². The number of aromatic nitrogens is 1. The number of nitrogens with one attached hydrogen (secondary N) is 1. The fourth-order valence-electron chi connectivity index (χ4n) is 1.55. The third-order valence-electron chi connectivity index (χ3n) is 2.70. The average Bonchev–Trinajstić information content (AvgIpc) is 2.79. The van der Waals surface area contributed by atoms with E-state index >= 15 is 0 Å². The van der Waals surface area contributed by atoms with E-state index in [4.69, 9.17) is 0 Å². The number of aryl methyl sites for hydroxylation is 2. The topological polar surface area (TPSA) is 24.9 Å². The summed E-state index contributed by atoms with van der Waals surface area (Å²) in [6, 6.07) is 6.44. The van der Waals surface area contributed by atoms with Crippen molar-refractivity contribution in [2.45, 2.75) is 13.8 Å². The second kappa shape index (κ2) is 5.15. The second-order valence-corrected chi connectivity index (χ2v) is 4.86. The summed E-state index contributed by atoms with van der Waals surface area (Å²) in [5.74, 6) is 0. The average molecular weight is 244 g/mol. The number of thiazole rings is 1. The minimum Gasteiger partial charge on any atom is -0.358 e. The molecule has 0 aliphatic carbocycles. The maximum atomic E-state index is 4.55. The smallest absolute Gasteiger partial charge is 0.183 e. The van der Waals surface area contributed by atoms with Crippen molar-refractivity contribution in [1.82, 2.24) is 4.98 Å². The fraction of sp³-hybridized carbons (Fsp3) is 0.214. The molecular weight excluding hydrogens is 228 g/mol. The molecule has 0 atom stereocenters. The van der Waals surface area contributed by atoms with Crippen LogP contribution in [0, 0.1) is 13.8 Å². The first kappa shape index (κ1) is 11.9. The fourth-order valence-corrected chi connectivity index (χ4v) is 2.28. The van der Waals surface area contributed by atoms with Gasteiger partial charge in [-0.25, -0.2) is 4.98 Å². The van der Waals surface area contributed by atoms with Gasteiger partial charge in [-0.3, -0.25) is 0 Å².